The van der Waals surface area contributed by atoms with E-state index in [-0.39, 0.29) is 11.6 Å². The van der Waals surface area contributed by atoms with Gasteiger partial charge in [0.2, 0.25) is 0 Å². The summed E-state index contributed by atoms with van der Waals surface area (Å²) in [6.07, 6.45) is 2.61. The Labute approximate surface area is 84.7 Å². The first-order valence-electron chi connectivity index (χ1n) is 5.16. The van der Waals surface area contributed by atoms with Crippen LogP contribution in [0.25, 0.3) is 0 Å². The molecule has 0 radical (unpaired) electrons. The predicted molar refractivity (Wildman–Crippen MR) is 56.9 cm³/mol. The summed E-state index contributed by atoms with van der Waals surface area (Å²) in [4.78, 5) is 0. The van der Waals surface area contributed by atoms with Crippen molar-refractivity contribution in [3.8, 4) is 0 Å². The topological polar surface area (TPSA) is 46.2 Å². The van der Waals surface area contributed by atoms with Crippen LogP contribution in [0.1, 0.15) is 30.9 Å². The molecule has 3 N–H and O–H groups in total. The van der Waals surface area contributed by atoms with Gasteiger partial charge in [-0.25, -0.2) is 0 Å². The average molecular weight is 191 g/mol. The van der Waals surface area contributed by atoms with Gasteiger partial charge in [0.05, 0.1) is 6.10 Å². The lowest BCUT2D eigenvalue weighted by molar-refractivity contribution is 0.195. The van der Waals surface area contributed by atoms with Crippen LogP contribution in [-0.4, -0.2) is 11.2 Å². The normalized spacial score (nSPS) is 20.5. The third kappa shape index (κ3) is 1.97. The number of aliphatic hydroxyl groups excluding tert-OH is 1. The highest BCUT2D eigenvalue weighted by Gasteiger charge is 2.39. The van der Waals surface area contributed by atoms with Crippen LogP contribution in [0.3, 0.4) is 0 Å². The first-order valence-corrected chi connectivity index (χ1v) is 5.16. The van der Waals surface area contributed by atoms with Crippen LogP contribution in [0.5, 0.6) is 0 Å². The van der Waals surface area contributed by atoms with Crippen molar-refractivity contribution in [3.63, 3.8) is 0 Å². The minimum Gasteiger partial charge on any atom is -0.393 e. The third-order valence-electron chi connectivity index (χ3n) is 2.82. The first-order chi connectivity index (χ1) is 6.60. The zero-order valence-electron chi connectivity index (χ0n) is 8.53. The fourth-order valence-electron chi connectivity index (χ4n) is 1.77. The Morgan fingerprint density at radius 1 is 1.50 bits per heavy atom. The lowest BCUT2D eigenvalue weighted by atomic mass is 10.0. The maximum Gasteiger partial charge on any atom is 0.0552 e. The van der Waals surface area contributed by atoms with Crippen molar-refractivity contribution in [3.05, 3.63) is 35.4 Å². The molecule has 1 fully saturated rings. The largest absolute Gasteiger partial charge is 0.393 e. The maximum absolute atomic E-state index is 9.28. The molecule has 0 aromatic heterocycles. The van der Waals surface area contributed by atoms with Gasteiger partial charge in [-0.3, -0.25) is 0 Å². The minimum absolute atomic E-state index is 0.0608. The van der Waals surface area contributed by atoms with Crippen LogP contribution in [-0.2, 0) is 12.0 Å². The van der Waals surface area contributed by atoms with Crippen molar-refractivity contribution >= 4 is 0 Å². The molecule has 2 heteroatoms. The molecule has 0 amide bonds. The van der Waals surface area contributed by atoms with Gasteiger partial charge in [-0.15, -0.1) is 0 Å². The number of nitrogens with two attached hydrogens (primary N) is 1. The second kappa shape index (κ2) is 3.37. The highest BCUT2D eigenvalue weighted by atomic mass is 16.3. The maximum atomic E-state index is 9.28. The summed E-state index contributed by atoms with van der Waals surface area (Å²) < 4.78 is 0. The Bertz CT molecular complexity index is 329. The number of benzene rings is 1. The molecule has 76 valence electrons. The van der Waals surface area contributed by atoms with E-state index in [4.69, 9.17) is 5.73 Å². The molecule has 1 aliphatic rings. The van der Waals surface area contributed by atoms with Gasteiger partial charge in [0.1, 0.15) is 0 Å². The molecule has 0 heterocycles. The minimum atomic E-state index is -0.279. The number of hydrogen-bond acceptors (Lipinski definition) is 2. The second-order valence-corrected chi connectivity index (χ2v) is 4.41. The van der Waals surface area contributed by atoms with Crippen molar-refractivity contribution in [2.24, 2.45) is 5.73 Å². The first kappa shape index (κ1) is 9.69. The summed E-state index contributed by atoms with van der Waals surface area (Å²) in [5, 5.41) is 9.28. The van der Waals surface area contributed by atoms with Gasteiger partial charge in [-0.05, 0) is 37.3 Å². The fourth-order valence-corrected chi connectivity index (χ4v) is 1.77. The van der Waals surface area contributed by atoms with Crippen molar-refractivity contribution in [1.29, 1.82) is 0 Å². The van der Waals surface area contributed by atoms with E-state index >= 15 is 0 Å². The van der Waals surface area contributed by atoms with Crippen molar-refractivity contribution < 1.29 is 5.11 Å². The summed E-state index contributed by atoms with van der Waals surface area (Å²) in [5.41, 5.74) is 8.44. The molecule has 1 aromatic rings. The van der Waals surface area contributed by atoms with Crippen LogP contribution in [0.15, 0.2) is 24.3 Å². The Hall–Kier alpha value is -0.860. The standard InChI is InChI=1S/C12H17NO/c1-9(14)7-10-3-2-4-11(8-10)12(13)5-6-12/h2-4,8-9,14H,5-7,13H2,1H3. The van der Waals surface area contributed by atoms with Gasteiger partial charge in [-0.1, -0.05) is 24.3 Å². The highest BCUT2D eigenvalue weighted by molar-refractivity contribution is 5.33. The van der Waals surface area contributed by atoms with Gasteiger partial charge in [0.15, 0.2) is 0 Å². The summed E-state index contributed by atoms with van der Waals surface area (Å²) in [6, 6.07) is 8.28. The van der Waals surface area contributed by atoms with E-state index in [1.54, 1.807) is 0 Å². The molecule has 1 unspecified atom stereocenters. The third-order valence-corrected chi connectivity index (χ3v) is 2.82. The SMILES string of the molecule is CC(O)Cc1cccc(C2(N)CC2)c1. The molecular formula is C12H17NO. The zero-order chi connectivity index (χ0) is 10.2. The van der Waals surface area contributed by atoms with Crippen molar-refractivity contribution in [2.75, 3.05) is 0 Å². The van der Waals surface area contributed by atoms with Gasteiger partial charge in [-0.2, -0.15) is 0 Å². The molecular weight excluding hydrogens is 174 g/mol. The smallest absolute Gasteiger partial charge is 0.0552 e. The molecule has 0 bridgehead atoms. The van der Waals surface area contributed by atoms with Crippen molar-refractivity contribution in [1.82, 2.24) is 0 Å². The summed E-state index contributed by atoms with van der Waals surface area (Å²) in [7, 11) is 0. The molecule has 1 aliphatic carbocycles. The summed E-state index contributed by atoms with van der Waals surface area (Å²) >= 11 is 0. The van der Waals surface area contributed by atoms with E-state index in [2.05, 4.69) is 12.1 Å². The number of aliphatic hydroxyl groups is 1. The fraction of sp³-hybridized carbons (Fsp3) is 0.500. The second-order valence-electron chi connectivity index (χ2n) is 4.41. The lowest BCUT2D eigenvalue weighted by Gasteiger charge is -2.11. The molecule has 2 rings (SSSR count). The lowest BCUT2D eigenvalue weighted by Crippen LogP contribution is -2.19. The van der Waals surface area contributed by atoms with Gasteiger partial charge in [0, 0.05) is 5.54 Å². The van der Waals surface area contributed by atoms with E-state index in [0.29, 0.717) is 6.42 Å². The van der Waals surface area contributed by atoms with E-state index in [9.17, 15) is 5.11 Å². The van der Waals surface area contributed by atoms with Crippen LogP contribution in [0.4, 0.5) is 0 Å². The van der Waals surface area contributed by atoms with Crippen molar-refractivity contribution in [2.45, 2.75) is 37.8 Å². The van der Waals surface area contributed by atoms with Gasteiger partial charge >= 0.3 is 0 Å². The summed E-state index contributed by atoms with van der Waals surface area (Å²) in [5.74, 6) is 0. The molecule has 1 saturated carbocycles. The van der Waals surface area contributed by atoms with Crippen LogP contribution >= 0.6 is 0 Å². The monoisotopic (exact) mass is 191 g/mol. The summed E-state index contributed by atoms with van der Waals surface area (Å²) in [6.45, 7) is 1.81. The Balaban J connectivity index is 2.19. The molecule has 0 aliphatic heterocycles. The van der Waals surface area contributed by atoms with Crippen LogP contribution in [0, 0.1) is 0 Å². The van der Waals surface area contributed by atoms with Crippen LogP contribution in [0.2, 0.25) is 0 Å². The van der Waals surface area contributed by atoms with Gasteiger partial charge < -0.3 is 10.8 Å². The Morgan fingerprint density at radius 2 is 2.21 bits per heavy atom. The van der Waals surface area contributed by atoms with Gasteiger partial charge in [0.25, 0.3) is 0 Å². The molecule has 14 heavy (non-hydrogen) atoms. The molecule has 2 nitrogen and oxygen atoms in total. The Morgan fingerprint density at radius 3 is 2.79 bits per heavy atom. The van der Waals surface area contributed by atoms with Crippen LogP contribution < -0.4 is 5.73 Å². The Kier molecular flexibility index (Phi) is 2.33. The molecule has 1 aromatic carbocycles. The molecule has 0 spiro atoms. The highest BCUT2D eigenvalue weighted by Crippen LogP contribution is 2.42. The van der Waals surface area contributed by atoms with E-state index in [0.717, 1.165) is 12.8 Å². The zero-order valence-corrected chi connectivity index (χ0v) is 8.53. The quantitative estimate of drug-likeness (QED) is 0.761. The van der Waals surface area contributed by atoms with E-state index in [1.807, 2.05) is 19.1 Å². The number of rotatable bonds is 3. The van der Waals surface area contributed by atoms with E-state index < -0.39 is 0 Å². The van der Waals surface area contributed by atoms with E-state index in [1.165, 1.54) is 11.1 Å². The average Bonchev–Trinajstić information content (AvgIpc) is 2.84. The number of hydrogen-bond donors (Lipinski definition) is 2. The predicted octanol–water partition coefficient (Wildman–Crippen LogP) is 1.56. The molecule has 1 atom stereocenters. The molecule has 0 saturated heterocycles.